The summed E-state index contributed by atoms with van der Waals surface area (Å²) < 4.78 is 20.8. The van der Waals surface area contributed by atoms with E-state index in [-0.39, 0.29) is 52.8 Å². The molecule has 152 valence electrons. The number of hydrogen-bond acceptors (Lipinski definition) is 4. The molecular weight excluding hydrogens is 375 g/mol. The number of carbonyl (C=O) groups excluding carboxylic acids is 1. The van der Waals surface area contributed by atoms with Crippen LogP contribution in [0.1, 0.15) is 43.2 Å². The van der Waals surface area contributed by atoms with Gasteiger partial charge in [0.2, 0.25) is 5.91 Å². The van der Waals surface area contributed by atoms with E-state index in [1.165, 1.54) is 0 Å². The Morgan fingerprint density at radius 2 is 2.21 bits per heavy atom. The molecule has 0 bridgehead atoms. The topological polar surface area (TPSA) is 64.3 Å². The first-order valence-corrected chi connectivity index (χ1v) is 11.0. The van der Waals surface area contributed by atoms with Crippen molar-refractivity contribution in [3.63, 3.8) is 0 Å². The van der Waals surface area contributed by atoms with E-state index in [0.29, 0.717) is 18.0 Å². The Balaban J connectivity index is 1.75. The van der Waals surface area contributed by atoms with Crippen LogP contribution in [0.5, 0.6) is 0 Å². The lowest BCUT2D eigenvalue weighted by molar-refractivity contribution is -0.129. The zero-order valence-corrected chi connectivity index (χ0v) is 17.4. The van der Waals surface area contributed by atoms with Crippen LogP contribution >= 0.6 is 11.8 Å². The number of hydrogen-bond donors (Lipinski definition) is 2. The Morgan fingerprint density at radius 3 is 2.89 bits per heavy atom. The van der Waals surface area contributed by atoms with E-state index >= 15 is 0 Å². The second-order valence-electron chi connectivity index (χ2n) is 8.50. The molecule has 1 amide bonds. The lowest BCUT2D eigenvalue weighted by Crippen LogP contribution is -2.62. The van der Waals surface area contributed by atoms with Gasteiger partial charge in [-0.05, 0) is 53.3 Å². The predicted molar refractivity (Wildman–Crippen MR) is 111 cm³/mol. The predicted octanol–water partition coefficient (Wildman–Crippen LogP) is 3.39. The molecule has 1 aliphatic carbocycles. The van der Waals surface area contributed by atoms with Crippen molar-refractivity contribution in [2.75, 3.05) is 13.7 Å². The number of nitrogens with two attached hydrogens (primary N) is 1. The molecule has 0 aromatic heterocycles. The summed E-state index contributed by atoms with van der Waals surface area (Å²) in [5, 5.41) is 5.23. The van der Waals surface area contributed by atoms with E-state index in [9.17, 15) is 9.18 Å². The summed E-state index contributed by atoms with van der Waals surface area (Å²) in [6.45, 7) is 4.54. The van der Waals surface area contributed by atoms with E-state index in [4.69, 9.17) is 10.5 Å². The first-order chi connectivity index (χ1) is 13.5. The molecule has 2 heterocycles. The number of methoxy groups -OCH3 is 1. The number of piperidine rings is 1. The summed E-state index contributed by atoms with van der Waals surface area (Å²) in [6, 6.07) is 5.66. The summed E-state index contributed by atoms with van der Waals surface area (Å²) in [5.41, 5.74) is 7.35. The molecule has 1 aromatic carbocycles. The van der Waals surface area contributed by atoms with Gasteiger partial charge in [0.15, 0.2) is 0 Å². The number of halogens is 1. The number of thioether (sulfide) groups is 1. The third-order valence-electron chi connectivity index (χ3n) is 6.93. The lowest BCUT2D eigenvalue weighted by atomic mass is 9.60. The first-order valence-electron chi connectivity index (χ1n) is 10.1. The molecule has 1 aromatic rings. The van der Waals surface area contributed by atoms with E-state index in [1.807, 2.05) is 24.5 Å². The maximum atomic E-state index is 14.9. The van der Waals surface area contributed by atoms with Crippen molar-refractivity contribution in [1.29, 1.82) is 0 Å². The fourth-order valence-corrected chi connectivity index (χ4v) is 6.50. The Morgan fingerprint density at radius 1 is 1.43 bits per heavy atom. The van der Waals surface area contributed by atoms with Gasteiger partial charge in [0.1, 0.15) is 5.82 Å². The largest absolute Gasteiger partial charge is 0.381 e. The van der Waals surface area contributed by atoms with Crippen molar-refractivity contribution >= 4 is 17.7 Å². The summed E-state index contributed by atoms with van der Waals surface area (Å²) >= 11 is 1.59. The highest BCUT2D eigenvalue weighted by Crippen LogP contribution is 2.52. The number of fused-ring (bicyclic) bond motifs is 3. The zero-order valence-electron chi connectivity index (χ0n) is 16.6. The van der Waals surface area contributed by atoms with Crippen LogP contribution in [0.15, 0.2) is 29.7 Å². The molecule has 0 spiro atoms. The van der Waals surface area contributed by atoms with Crippen molar-refractivity contribution in [2.24, 2.45) is 23.5 Å². The molecule has 1 saturated heterocycles. The molecule has 0 radical (unpaired) electrons. The van der Waals surface area contributed by atoms with Gasteiger partial charge in [0.25, 0.3) is 0 Å². The van der Waals surface area contributed by atoms with Gasteiger partial charge in [-0.3, -0.25) is 4.79 Å². The number of carbonyl (C=O) groups is 1. The molecule has 4 rings (SSSR count). The van der Waals surface area contributed by atoms with Crippen molar-refractivity contribution in [3.05, 3.63) is 46.6 Å². The molecule has 2 aliphatic heterocycles. The lowest BCUT2D eigenvalue weighted by Gasteiger charge is -2.52. The highest BCUT2D eigenvalue weighted by atomic mass is 32.2. The average molecular weight is 405 g/mol. The highest BCUT2D eigenvalue weighted by molar-refractivity contribution is 8.03. The smallest absolute Gasteiger partial charge is 0.234 e. The summed E-state index contributed by atoms with van der Waals surface area (Å²) in [7, 11) is 1.74. The fraction of sp³-hybridized carbons (Fsp3) is 0.591. The molecule has 4 nitrogen and oxygen atoms in total. The van der Waals surface area contributed by atoms with Crippen molar-refractivity contribution in [1.82, 2.24) is 5.32 Å². The maximum absolute atomic E-state index is 14.9. The maximum Gasteiger partial charge on any atom is 0.234 e. The van der Waals surface area contributed by atoms with Gasteiger partial charge in [0, 0.05) is 25.0 Å². The van der Waals surface area contributed by atoms with Crippen LogP contribution in [0, 0.1) is 23.6 Å². The quantitative estimate of drug-likeness (QED) is 0.807. The molecular formula is C22H29FN2O2S. The van der Waals surface area contributed by atoms with Gasteiger partial charge >= 0.3 is 0 Å². The minimum atomic E-state index is -0.201. The molecule has 8 atom stereocenters. The van der Waals surface area contributed by atoms with Gasteiger partial charge in [-0.2, -0.15) is 0 Å². The summed E-state index contributed by atoms with van der Waals surface area (Å²) in [6.07, 6.45) is 3.02. The van der Waals surface area contributed by atoms with E-state index < -0.39 is 0 Å². The second kappa shape index (κ2) is 7.81. The third-order valence-corrected chi connectivity index (χ3v) is 8.07. The van der Waals surface area contributed by atoms with Gasteiger partial charge < -0.3 is 15.8 Å². The monoisotopic (exact) mass is 404 g/mol. The van der Waals surface area contributed by atoms with E-state index in [1.54, 1.807) is 24.9 Å². The third kappa shape index (κ3) is 3.19. The molecule has 2 fully saturated rings. The van der Waals surface area contributed by atoms with Gasteiger partial charge in [-0.25, -0.2) is 4.39 Å². The van der Waals surface area contributed by atoms with Crippen LogP contribution in [-0.2, 0) is 9.53 Å². The van der Waals surface area contributed by atoms with E-state index in [2.05, 4.69) is 18.3 Å². The van der Waals surface area contributed by atoms with Crippen LogP contribution in [0.25, 0.3) is 0 Å². The SMILES string of the molecule is COC1CC(C)C2NC(=O)C3SC=CC3C2C1c1ccc([C@@H](C)CN)c(F)c1. The van der Waals surface area contributed by atoms with Crippen LogP contribution in [-0.4, -0.2) is 37.0 Å². The molecule has 3 aliphatic rings. The zero-order chi connectivity index (χ0) is 20.0. The number of ether oxygens (including phenoxy) is 1. The number of nitrogens with one attached hydrogen (secondary N) is 1. The van der Waals surface area contributed by atoms with Crippen LogP contribution in [0.2, 0.25) is 0 Å². The fourth-order valence-electron chi connectivity index (χ4n) is 5.41. The summed E-state index contributed by atoms with van der Waals surface area (Å²) in [5.74, 6) is 0.615. The number of allylic oxidation sites excluding steroid dienone is 1. The first kappa shape index (κ1) is 19.9. The minimum absolute atomic E-state index is 0.00286. The van der Waals surface area contributed by atoms with Gasteiger partial charge in [0.05, 0.1) is 11.4 Å². The Bertz CT molecular complexity index is 786. The Labute approximate surface area is 170 Å². The van der Waals surface area contributed by atoms with Crippen LogP contribution in [0.4, 0.5) is 4.39 Å². The molecule has 6 heteroatoms. The second-order valence-corrected chi connectivity index (χ2v) is 9.56. The molecule has 1 saturated carbocycles. The highest BCUT2D eigenvalue weighted by Gasteiger charge is 2.54. The van der Waals surface area contributed by atoms with Crippen molar-refractivity contribution in [2.45, 2.75) is 49.5 Å². The van der Waals surface area contributed by atoms with Gasteiger partial charge in [-0.15, -0.1) is 11.8 Å². The molecule has 3 N–H and O–H groups in total. The molecule has 28 heavy (non-hydrogen) atoms. The van der Waals surface area contributed by atoms with Crippen LogP contribution in [0.3, 0.4) is 0 Å². The number of amides is 1. The van der Waals surface area contributed by atoms with Crippen molar-refractivity contribution in [3.8, 4) is 0 Å². The number of benzene rings is 1. The minimum Gasteiger partial charge on any atom is -0.381 e. The Kier molecular flexibility index (Phi) is 5.55. The molecule has 7 unspecified atom stereocenters. The van der Waals surface area contributed by atoms with Gasteiger partial charge in [-0.1, -0.05) is 32.1 Å². The number of rotatable bonds is 4. The normalized spacial score (nSPS) is 37.9. The average Bonchev–Trinajstić information content (AvgIpc) is 3.18. The van der Waals surface area contributed by atoms with E-state index in [0.717, 1.165) is 12.0 Å². The summed E-state index contributed by atoms with van der Waals surface area (Å²) in [4.78, 5) is 12.6. The van der Waals surface area contributed by atoms with Crippen molar-refractivity contribution < 1.29 is 13.9 Å². The van der Waals surface area contributed by atoms with Crippen LogP contribution < -0.4 is 11.1 Å². The standard InChI is InChI=1S/C22H29FN2O2S/c1-11-8-17(27-3)18(13-4-5-14(12(2)10-24)16(23)9-13)19-15-6-7-28-21(15)22(26)25-20(11)19/h4-7,9,11-12,15,17-21H,8,10,24H2,1-3H3,(H,25,26)/t11?,12-,15?,17?,18?,19?,20?,21?/m0/s1. The Hall–Kier alpha value is -1.37.